The Morgan fingerprint density at radius 3 is 2.57 bits per heavy atom. The molecule has 2 aliphatic rings. The van der Waals surface area contributed by atoms with Crippen LogP contribution in [0.2, 0.25) is 0 Å². The number of rotatable bonds is 7. The number of carbonyl (C=O) groups is 2. The van der Waals surface area contributed by atoms with Crippen LogP contribution in [0.3, 0.4) is 0 Å². The van der Waals surface area contributed by atoms with Crippen molar-refractivity contribution in [2.75, 3.05) is 24.6 Å². The molecular weight excluding hydrogens is 362 g/mol. The molecule has 0 aromatic heterocycles. The van der Waals surface area contributed by atoms with Gasteiger partial charge in [-0.05, 0) is 50.5 Å². The fourth-order valence-electron chi connectivity index (χ4n) is 3.54. The highest BCUT2D eigenvalue weighted by Crippen LogP contribution is 2.32. The number of ether oxygens (including phenoxy) is 1. The van der Waals surface area contributed by atoms with E-state index in [9.17, 15) is 19.7 Å². The summed E-state index contributed by atoms with van der Waals surface area (Å²) in [6.45, 7) is 5.28. The van der Waals surface area contributed by atoms with Gasteiger partial charge in [0.05, 0.1) is 16.2 Å². The number of esters is 1. The topological polar surface area (TPSA) is 102 Å². The van der Waals surface area contributed by atoms with Crippen LogP contribution >= 0.6 is 0 Å². The molecule has 0 spiro atoms. The molecule has 1 saturated heterocycles. The van der Waals surface area contributed by atoms with Gasteiger partial charge in [0.15, 0.2) is 6.61 Å². The normalized spacial score (nSPS) is 18.4. The van der Waals surface area contributed by atoms with E-state index in [1.54, 1.807) is 6.07 Å². The van der Waals surface area contributed by atoms with Gasteiger partial charge in [-0.15, -0.1) is 0 Å². The van der Waals surface area contributed by atoms with E-state index in [0.717, 1.165) is 38.8 Å². The zero-order chi connectivity index (χ0) is 20.3. The van der Waals surface area contributed by atoms with Crippen molar-refractivity contribution in [3.63, 3.8) is 0 Å². The summed E-state index contributed by atoms with van der Waals surface area (Å²) in [7, 11) is 0. The van der Waals surface area contributed by atoms with Crippen molar-refractivity contribution in [3.05, 3.63) is 33.9 Å². The molecule has 1 aromatic carbocycles. The van der Waals surface area contributed by atoms with Gasteiger partial charge in [0, 0.05) is 31.3 Å². The van der Waals surface area contributed by atoms with E-state index in [1.807, 2.05) is 6.92 Å². The maximum atomic E-state index is 12.6. The Kier molecular flexibility index (Phi) is 6.16. The summed E-state index contributed by atoms with van der Waals surface area (Å²) >= 11 is 0. The highest BCUT2D eigenvalue weighted by molar-refractivity contribution is 5.97. The second-order valence-corrected chi connectivity index (χ2v) is 7.90. The molecule has 1 aromatic rings. The minimum absolute atomic E-state index is 0.0647. The van der Waals surface area contributed by atoms with Crippen molar-refractivity contribution in [1.29, 1.82) is 0 Å². The number of nitro benzene ring substituents is 1. The second kappa shape index (κ2) is 8.58. The molecule has 1 aliphatic carbocycles. The molecule has 1 N–H and O–H groups in total. The molecule has 1 heterocycles. The minimum Gasteiger partial charge on any atom is -0.452 e. The lowest BCUT2D eigenvalue weighted by atomic mass is 9.98. The first-order chi connectivity index (χ1) is 13.3. The van der Waals surface area contributed by atoms with E-state index < -0.39 is 17.5 Å². The van der Waals surface area contributed by atoms with E-state index in [2.05, 4.69) is 17.1 Å². The first-order valence-electron chi connectivity index (χ1n) is 9.85. The Morgan fingerprint density at radius 1 is 1.29 bits per heavy atom. The largest absolute Gasteiger partial charge is 0.452 e. The number of piperidine rings is 1. The van der Waals surface area contributed by atoms with E-state index in [0.29, 0.717) is 17.5 Å². The third-order valence-corrected chi connectivity index (χ3v) is 5.59. The highest BCUT2D eigenvalue weighted by Gasteiger charge is 2.29. The van der Waals surface area contributed by atoms with Gasteiger partial charge in [0.2, 0.25) is 0 Å². The maximum absolute atomic E-state index is 12.6. The summed E-state index contributed by atoms with van der Waals surface area (Å²) in [5, 5.41) is 14.0. The average Bonchev–Trinajstić information content (AvgIpc) is 3.51. The summed E-state index contributed by atoms with van der Waals surface area (Å²) in [6, 6.07) is 4.30. The molecule has 8 heteroatoms. The first-order valence-corrected chi connectivity index (χ1v) is 9.85. The standard InChI is InChI=1S/C20H27N3O5/c1-13-7-9-22(10-8-13)18-6-5-16(23(26)27)11-17(18)20(25)28-12-19(24)21-14(2)15-3-4-15/h5-6,11,13-15H,3-4,7-10,12H2,1-2H3,(H,21,24)/t14-/m1/s1. The van der Waals surface area contributed by atoms with Crippen LogP contribution in [0.5, 0.6) is 0 Å². The van der Waals surface area contributed by atoms with Crippen LogP contribution in [0.1, 0.15) is 49.9 Å². The van der Waals surface area contributed by atoms with Crippen LogP contribution in [-0.2, 0) is 9.53 Å². The molecule has 1 aliphatic heterocycles. The van der Waals surface area contributed by atoms with Crippen LogP contribution in [0, 0.1) is 22.0 Å². The summed E-state index contributed by atoms with van der Waals surface area (Å²) in [5.41, 5.74) is 0.578. The quantitative estimate of drug-likeness (QED) is 0.437. The number of non-ortho nitro benzene ring substituents is 1. The number of carbonyl (C=O) groups excluding carboxylic acids is 2. The van der Waals surface area contributed by atoms with Crippen LogP contribution in [-0.4, -0.2) is 42.5 Å². The Bertz CT molecular complexity index is 754. The van der Waals surface area contributed by atoms with Gasteiger partial charge in [-0.2, -0.15) is 0 Å². The fraction of sp³-hybridized carbons (Fsp3) is 0.600. The highest BCUT2D eigenvalue weighted by atomic mass is 16.6. The lowest BCUT2D eigenvalue weighted by Gasteiger charge is -2.33. The lowest BCUT2D eigenvalue weighted by Crippen LogP contribution is -2.37. The van der Waals surface area contributed by atoms with Crippen molar-refractivity contribution in [2.24, 2.45) is 11.8 Å². The SMILES string of the molecule is CC1CCN(c2ccc([N+](=O)[O-])cc2C(=O)OCC(=O)N[C@H](C)C2CC2)CC1. The van der Waals surface area contributed by atoms with Crippen LogP contribution < -0.4 is 10.2 Å². The number of nitro groups is 1. The number of hydrogen-bond donors (Lipinski definition) is 1. The molecular formula is C20H27N3O5. The number of benzene rings is 1. The summed E-state index contributed by atoms with van der Waals surface area (Å²) in [6.07, 6.45) is 4.19. The van der Waals surface area contributed by atoms with Crippen molar-refractivity contribution >= 4 is 23.3 Å². The smallest absolute Gasteiger partial charge is 0.341 e. The molecule has 0 radical (unpaired) electrons. The molecule has 3 rings (SSSR count). The monoisotopic (exact) mass is 389 g/mol. The van der Waals surface area contributed by atoms with Crippen molar-refractivity contribution in [1.82, 2.24) is 5.32 Å². The summed E-state index contributed by atoms with van der Waals surface area (Å²) < 4.78 is 5.18. The average molecular weight is 389 g/mol. The van der Waals surface area contributed by atoms with Gasteiger partial charge in [0.1, 0.15) is 0 Å². The molecule has 1 amide bonds. The van der Waals surface area contributed by atoms with E-state index in [1.165, 1.54) is 12.1 Å². The molecule has 152 valence electrons. The van der Waals surface area contributed by atoms with E-state index in [-0.39, 0.29) is 23.2 Å². The predicted octanol–water partition coefficient (Wildman–Crippen LogP) is 2.90. The summed E-state index contributed by atoms with van der Waals surface area (Å²) in [5.74, 6) is 0.0458. The molecule has 0 unspecified atom stereocenters. The minimum atomic E-state index is -0.716. The first kappa shape index (κ1) is 20.1. The second-order valence-electron chi connectivity index (χ2n) is 7.90. The number of nitrogens with one attached hydrogen (secondary N) is 1. The van der Waals surface area contributed by atoms with Gasteiger partial charge in [0.25, 0.3) is 11.6 Å². The van der Waals surface area contributed by atoms with Gasteiger partial charge in [-0.3, -0.25) is 14.9 Å². The van der Waals surface area contributed by atoms with Gasteiger partial charge < -0.3 is 15.0 Å². The lowest BCUT2D eigenvalue weighted by molar-refractivity contribution is -0.384. The van der Waals surface area contributed by atoms with Gasteiger partial charge >= 0.3 is 5.97 Å². The van der Waals surface area contributed by atoms with E-state index >= 15 is 0 Å². The molecule has 8 nitrogen and oxygen atoms in total. The molecule has 1 saturated carbocycles. The Hall–Kier alpha value is -2.64. The zero-order valence-corrected chi connectivity index (χ0v) is 16.3. The van der Waals surface area contributed by atoms with Crippen molar-refractivity contribution in [2.45, 2.75) is 45.6 Å². The number of nitrogens with zero attached hydrogens (tertiary/aromatic N) is 2. The van der Waals surface area contributed by atoms with Crippen LogP contribution in [0.4, 0.5) is 11.4 Å². The number of amides is 1. The number of anilines is 1. The molecule has 2 fully saturated rings. The molecule has 28 heavy (non-hydrogen) atoms. The van der Waals surface area contributed by atoms with Crippen molar-refractivity contribution in [3.8, 4) is 0 Å². The fourth-order valence-corrected chi connectivity index (χ4v) is 3.54. The zero-order valence-electron chi connectivity index (χ0n) is 16.3. The van der Waals surface area contributed by atoms with Crippen LogP contribution in [0.15, 0.2) is 18.2 Å². The Labute approximate surface area is 164 Å². The third-order valence-electron chi connectivity index (χ3n) is 5.59. The van der Waals surface area contributed by atoms with Crippen molar-refractivity contribution < 1.29 is 19.2 Å². The van der Waals surface area contributed by atoms with E-state index in [4.69, 9.17) is 4.74 Å². The predicted molar refractivity (Wildman–Crippen MR) is 104 cm³/mol. The van der Waals surface area contributed by atoms with Crippen LogP contribution in [0.25, 0.3) is 0 Å². The van der Waals surface area contributed by atoms with Gasteiger partial charge in [-0.25, -0.2) is 4.79 Å². The maximum Gasteiger partial charge on any atom is 0.341 e. The Morgan fingerprint density at radius 2 is 1.96 bits per heavy atom. The Balaban J connectivity index is 1.70. The summed E-state index contributed by atoms with van der Waals surface area (Å²) in [4.78, 5) is 37.3. The molecule has 1 atom stereocenters. The van der Waals surface area contributed by atoms with Gasteiger partial charge in [-0.1, -0.05) is 6.92 Å². The third kappa shape index (κ3) is 4.99. The molecule has 0 bridgehead atoms. The number of hydrogen-bond acceptors (Lipinski definition) is 6.